The number of aryl methyl sites for hydroxylation is 2. The van der Waals surface area contributed by atoms with Gasteiger partial charge in [-0.15, -0.1) is 0 Å². The Kier molecular flexibility index (Phi) is 3.19. The van der Waals surface area contributed by atoms with Crippen molar-refractivity contribution in [2.45, 2.75) is 44.7 Å². The van der Waals surface area contributed by atoms with Gasteiger partial charge in [-0.3, -0.25) is 4.79 Å². The second-order valence-electron chi connectivity index (χ2n) is 4.89. The maximum atomic E-state index is 11.2. The van der Waals surface area contributed by atoms with Crippen LogP contribution in [-0.2, 0) is 11.3 Å². The highest BCUT2D eigenvalue weighted by molar-refractivity contribution is 5.79. The first-order chi connectivity index (χ1) is 8.04. The molecule has 5 heteroatoms. The molecule has 0 aromatic carbocycles. The summed E-state index contributed by atoms with van der Waals surface area (Å²) in [5.74, 6) is 0.171. The van der Waals surface area contributed by atoms with E-state index in [1.54, 1.807) is 6.20 Å². The molecule has 0 radical (unpaired) electrons. The summed E-state index contributed by atoms with van der Waals surface area (Å²) in [5.41, 5.74) is 4.98. The Morgan fingerprint density at radius 3 is 3.12 bits per heavy atom. The van der Waals surface area contributed by atoms with Crippen LogP contribution in [0.15, 0.2) is 12.4 Å². The first kappa shape index (κ1) is 12.1. The quantitative estimate of drug-likeness (QED) is 0.823. The topological polar surface area (TPSA) is 81.1 Å². The molecule has 2 rings (SSSR count). The molecule has 5 nitrogen and oxygen atoms in total. The second kappa shape index (κ2) is 4.49. The van der Waals surface area contributed by atoms with Gasteiger partial charge in [-0.1, -0.05) is 6.42 Å². The van der Waals surface area contributed by atoms with E-state index in [1.165, 1.54) is 0 Å². The van der Waals surface area contributed by atoms with Gasteiger partial charge in [-0.05, 0) is 32.1 Å². The van der Waals surface area contributed by atoms with E-state index in [-0.39, 0.29) is 5.92 Å². The Morgan fingerprint density at radius 1 is 1.76 bits per heavy atom. The van der Waals surface area contributed by atoms with E-state index in [0.29, 0.717) is 6.42 Å². The summed E-state index contributed by atoms with van der Waals surface area (Å²) in [6.07, 6.45) is 6.91. The zero-order valence-electron chi connectivity index (χ0n) is 10.1. The third kappa shape index (κ3) is 2.20. The summed E-state index contributed by atoms with van der Waals surface area (Å²) in [4.78, 5) is 15.4. The molecule has 94 valence electrons. The molecule has 1 fully saturated rings. The fourth-order valence-electron chi connectivity index (χ4n) is 2.72. The molecule has 0 amide bonds. The lowest BCUT2D eigenvalue weighted by molar-refractivity contribution is -0.144. The summed E-state index contributed by atoms with van der Waals surface area (Å²) in [6, 6.07) is 0. The van der Waals surface area contributed by atoms with Gasteiger partial charge >= 0.3 is 5.97 Å². The highest BCUT2D eigenvalue weighted by atomic mass is 16.4. The summed E-state index contributed by atoms with van der Waals surface area (Å²) in [5, 5.41) is 9.21. The van der Waals surface area contributed by atoms with Crippen LogP contribution < -0.4 is 5.73 Å². The monoisotopic (exact) mass is 237 g/mol. The van der Waals surface area contributed by atoms with Crippen molar-refractivity contribution in [3.63, 3.8) is 0 Å². The number of aromatic nitrogens is 2. The van der Waals surface area contributed by atoms with Crippen LogP contribution in [0.2, 0.25) is 0 Å². The van der Waals surface area contributed by atoms with E-state index in [9.17, 15) is 9.90 Å². The second-order valence-corrected chi connectivity index (χ2v) is 4.89. The van der Waals surface area contributed by atoms with Crippen molar-refractivity contribution in [2.75, 3.05) is 0 Å². The Morgan fingerprint density at radius 2 is 2.53 bits per heavy atom. The van der Waals surface area contributed by atoms with Crippen LogP contribution in [0.3, 0.4) is 0 Å². The molecular formula is C12H19N3O2. The van der Waals surface area contributed by atoms with E-state index in [2.05, 4.69) is 4.98 Å². The van der Waals surface area contributed by atoms with Gasteiger partial charge in [0.15, 0.2) is 0 Å². The summed E-state index contributed by atoms with van der Waals surface area (Å²) >= 11 is 0. The SMILES string of the molecule is Cc1nccn1CCC1CCCC1(N)C(=O)O. The molecule has 0 spiro atoms. The first-order valence-corrected chi connectivity index (χ1v) is 6.04. The Hall–Kier alpha value is -1.36. The van der Waals surface area contributed by atoms with Gasteiger partial charge in [0.1, 0.15) is 11.4 Å². The van der Waals surface area contributed by atoms with Gasteiger partial charge < -0.3 is 15.4 Å². The van der Waals surface area contributed by atoms with Crippen molar-refractivity contribution in [1.82, 2.24) is 9.55 Å². The third-order valence-electron chi connectivity index (χ3n) is 3.91. The zero-order chi connectivity index (χ0) is 12.5. The smallest absolute Gasteiger partial charge is 0.323 e. The molecule has 0 bridgehead atoms. The van der Waals surface area contributed by atoms with Crippen LogP contribution in [-0.4, -0.2) is 26.2 Å². The number of carbonyl (C=O) groups is 1. The van der Waals surface area contributed by atoms with E-state index in [4.69, 9.17) is 5.73 Å². The van der Waals surface area contributed by atoms with Gasteiger partial charge in [-0.2, -0.15) is 0 Å². The van der Waals surface area contributed by atoms with Crippen molar-refractivity contribution in [1.29, 1.82) is 0 Å². The normalized spacial score (nSPS) is 28.5. The average Bonchev–Trinajstić information content (AvgIpc) is 2.83. The van der Waals surface area contributed by atoms with Gasteiger partial charge in [0.05, 0.1) is 0 Å². The summed E-state index contributed by atoms with van der Waals surface area (Å²) in [7, 11) is 0. The number of imidazole rings is 1. The number of aliphatic carboxylic acids is 1. The number of rotatable bonds is 4. The lowest BCUT2D eigenvalue weighted by Crippen LogP contribution is -2.51. The molecule has 2 unspecified atom stereocenters. The highest BCUT2D eigenvalue weighted by Gasteiger charge is 2.45. The fourth-order valence-corrected chi connectivity index (χ4v) is 2.72. The van der Waals surface area contributed by atoms with E-state index in [0.717, 1.165) is 31.6 Å². The van der Waals surface area contributed by atoms with Crippen LogP contribution in [0.1, 0.15) is 31.5 Å². The molecule has 0 saturated heterocycles. The first-order valence-electron chi connectivity index (χ1n) is 6.04. The molecule has 1 saturated carbocycles. The number of carboxylic acid groups (broad SMARTS) is 1. The van der Waals surface area contributed by atoms with Gasteiger partial charge in [0.25, 0.3) is 0 Å². The maximum absolute atomic E-state index is 11.2. The minimum absolute atomic E-state index is 0.0711. The molecular weight excluding hydrogens is 218 g/mol. The van der Waals surface area contributed by atoms with Crippen molar-refractivity contribution in [3.8, 4) is 0 Å². The van der Waals surface area contributed by atoms with Crippen molar-refractivity contribution in [2.24, 2.45) is 11.7 Å². The van der Waals surface area contributed by atoms with Gasteiger partial charge in [-0.25, -0.2) is 4.98 Å². The van der Waals surface area contributed by atoms with Crippen molar-refractivity contribution in [3.05, 3.63) is 18.2 Å². The van der Waals surface area contributed by atoms with Crippen LogP contribution in [0.5, 0.6) is 0 Å². The number of hydrogen-bond donors (Lipinski definition) is 2. The molecule has 0 aliphatic heterocycles. The molecule has 2 atom stereocenters. The predicted octanol–water partition coefficient (Wildman–Crippen LogP) is 1.16. The molecule has 1 aliphatic carbocycles. The summed E-state index contributed by atoms with van der Waals surface area (Å²) in [6.45, 7) is 2.74. The van der Waals surface area contributed by atoms with Crippen molar-refractivity contribution < 1.29 is 9.90 Å². The predicted molar refractivity (Wildman–Crippen MR) is 63.5 cm³/mol. The molecule has 3 N–H and O–H groups in total. The van der Waals surface area contributed by atoms with Crippen LogP contribution in [0.4, 0.5) is 0 Å². The van der Waals surface area contributed by atoms with Gasteiger partial charge in [0.2, 0.25) is 0 Å². The standard InChI is InChI=1S/C12H19N3O2/c1-9-14-6-8-15(9)7-4-10-3-2-5-12(10,13)11(16)17/h6,8,10H,2-5,7,13H2,1H3,(H,16,17). The number of hydrogen-bond acceptors (Lipinski definition) is 3. The maximum Gasteiger partial charge on any atom is 0.323 e. The largest absolute Gasteiger partial charge is 0.480 e. The Labute approximate surface area is 101 Å². The minimum Gasteiger partial charge on any atom is -0.480 e. The molecule has 1 aromatic heterocycles. The van der Waals surface area contributed by atoms with Crippen molar-refractivity contribution >= 4 is 5.97 Å². The highest BCUT2D eigenvalue weighted by Crippen LogP contribution is 2.36. The number of nitrogens with two attached hydrogens (primary N) is 1. The van der Waals surface area contributed by atoms with Crippen LogP contribution in [0.25, 0.3) is 0 Å². The average molecular weight is 237 g/mol. The van der Waals surface area contributed by atoms with E-state index in [1.807, 2.05) is 17.7 Å². The number of nitrogens with zero attached hydrogens (tertiary/aromatic N) is 2. The third-order valence-corrected chi connectivity index (χ3v) is 3.91. The van der Waals surface area contributed by atoms with Crippen LogP contribution in [0, 0.1) is 12.8 Å². The molecule has 1 aliphatic rings. The Bertz CT molecular complexity index is 416. The molecule has 17 heavy (non-hydrogen) atoms. The van der Waals surface area contributed by atoms with Gasteiger partial charge in [0, 0.05) is 18.9 Å². The van der Waals surface area contributed by atoms with E-state index >= 15 is 0 Å². The zero-order valence-corrected chi connectivity index (χ0v) is 10.1. The molecule has 1 aromatic rings. The minimum atomic E-state index is -1.02. The molecule has 1 heterocycles. The fraction of sp³-hybridized carbons (Fsp3) is 0.667. The number of carboxylic acids is 1. The van der Waals surface area contributed by atoms with Crippen LogP contribution >= 0.6 is 0 Å². The lowest BCUT2D eigenvalue weighted by atomic mass is 9.86. The Balaban J connectivity index is 2.00. The van der Waals surface area contributed by atoms with E-state index < -0.39 is 11.5 Å². The lowest BCUT2D eigenvalue weighted by Gasteiger charge is -2.27. The summed E-state index contributed by atoms with van der Waals surface area (Å²) < 4.78 is 2.04.